The topological polar surface area (TPSA) is 131 Å². The van der Waals surface area contributed by atoms with Crippen LogP contribution >= 0.6 is 34.4 Å². The number of hydrogen-bond acceptors (Lipinski definition) is 8. The van der Waals surface area contributed by atoms with Crippen molar-refractivity contribution in [2.75, 3.05) is 12.4 Å². The van der Waals surface area contributed by atoms with E-state index in [1.807, 2.05) is 6.07 Å². The van der Waals surface area contributed by atoms with Crippen molar-refractivity contribution in [3.63, 3.8) is 0 Å². The van der Waals surface area contributed by atoms with Gasteiger partial charge >= 0.3 is 5.97 Å². The number of aromatic nitrogens is 2. The summed E-state index contributed by atoms with van der Waals surface area (Å²) in [5.74, 6) is -0.736. The first-order valence-corrected chi connectivity index (χ1v) is 13.7. The van der Waals surface area contributed by atoms with Gasteiger partial charge in [-0.25, -0.2) is 9.78 Å². The highest BCUT2D eigenvalue weighted by atomic mass is 127. The van der Waals surface area contributed by atoms with Crippen LogP contribution in [-0.4, -0.2) is 44.0 Å². The smallest absolute Gasteiger partial charge is 0.343 e. The first-order valence-electron chi connectivity index (χ1n) is 11.7. The molecule has 0 saturated carbocycles. The van der Waals surface area contributed by atoms with Gasteiger partial charge in [0.2, 0.25) is 5.91 Å². The summed E-state index contributed by atoms with van der Waals surface area (Å²) < 4.78 is 7.82. The molecule has 1 amide bonds. The number of rotatable bonds is 4. The van der Waals surface area contributed by atoms with Gasteiger partial charge in [0.15, 0.2) is 5.60 Å². The van der Waals surface area contributed by atoms with Crippen molar-refractivity contribution in [2.45, 2.75) is 43.0 Å². The second-order valence-electron chi connectivity index (χ2n) is 9.39. The molecule has 0 fully saturated rings. The van der Waals surface area contributed by atoms with Crippen molar-refractivity contribution in [2.24, 2.45) is 0 Å². The van der Waals surface area contributed by atoms with Crippen molar-refractivity contribution in [1.82, 2.24) is 14.9 Å². The average molecular weight is 631 g/mol. The number of amides is 1. The summed E-state index contributed by atoms with van der Waals surface area (Å²) in [7, 11) is 0. The first kappa shape index (κ1) is 24.6. The molecule has 11 heteroatoms. The molecule has 5 heterocycles. The van der Waals surface area contributed by atoms with Gasteiger partial charge in [0.1, 0.15) is 13.2 Å². The third kappa shape index (κ3) is 3.44. The molecule has 3 N–H and O–H groups in total. The van der Waals surface area contributed by atoms with Crippen LogP contribution < -0.4 is 10.9 Å². The number of cyclic esters (lactones) is 1. The van der Waals surface area contributed by atoms with Crippen molar-refractivity contribution in [3.05, 3.63) is 66.5 Å². The van der Waals surface area contributed by atoms with Gasteiger partial charge in [-0.1, -0.05) is 6.08 Å². The van der Waals surface area contributed by atoms with Crippen LogP contribution in [0, 0.1) is 10.5 Å². The highest BCUT2D eigenvalue weighted by Gasteiger charge is 2.46. The Labute approximate surface area is 229 Å². The Morgan fingerprint density at radius 2 is 2.19 bits per heavy atom. The molecular formula is C26H22IN3O6S. The molecule has 1 aromatic carbocycles. The monoisotopic (exact) mass is 631 g/mol. The predicted molar refractivity (Wildman–Crippen MR) is 145 cm³/mol. The van der Waals surface area contributed by atoms with Crippen molar-refractivity contribution in [3.8, 4) is 11.4 Å². The minimum Gasteiger partial charge on any atom is -0.458 e. The van der Waals surface area contributed by atoms with E-state index < -0.39 is 30.1 Å². The standard InChI is InChI=1S/C26H22IN3O6S/c1-3-4-26(35)14-5-18-22-12(7-30(18)24(33)13(14)9-36-25(26)34)20-17(28-19(32)8-31)10-37-23-11(2)15(27)6-16(29-22)21(20)23/h3,5-6,17,31,35H,1,4,7-10H2,2H3,(H,28,32)/t17-,26-/m0/s1. The molecule has 0 aliphatic carbocycles. The summed E-state index contributed by atoms with van der Waals surface area (Å²) in [6.45, 7) is 5.07. The lowest BCUT2D eigenvalue weighted by Gasteiger charge is -2.31. The van der Waals surface area contributed by atoms with Gasteiger partial charge in [-0.3, -0.25) is 9.59 Å². The third-order valence-electron chi connectivity index (χ3n) is 7.31. The van der Waals surface area contributed by atoms with Gasteiger partial charge in [-0.05, 0) is 52.8 Å². The number of nitrogens with zero attached hydrogens (tertiary/aromatic N) is 2. The Bertz CT molecular complexity index is 1630. The SMILES string of the molecule is C=CC[C@@]1(O)C(=O)OCc2c1cc1n(c2=O)Cc2c-1nc1cc(I)c(C)c3c1c2[C@@H](NC(=O)CO)CS3. The number of hydrogen-bond donors (Lipinski definition) is 3. The molecule has 2 aromatic heterocycles. The number of fused-ring (bicyclic) bond motifs is 5. The molecule has 2 atom stereocenters. The van der Waals surface area contributed by atoms with Crippen LogP contribution in [-0.2, 0) is 33.1 Å². The summed E-state index contributed by atoms with van der Waals surface area (Å²) in [5, 5.41) is 24.5. The molecule has 0 radical (unpaired) electrons. The number of aliphatic hydroxyl groups excluding tert-OH is 1. The first-order chi connectivity index (χ1) is 17.7. The van der Waals surface area contributed by atoms with Crippen molar-refractivity contribution in [1.29, 1.82) is 0 Å². The summed E-state index contributed by atoms with van der Waals surface area (Å²) in [4.78, 5) is 44.5. The third-order valence-corrected chi connectivity index (χ3v) is 9.73. The molecule has 9 nitrogen and oxygen atoms in total. The molecule has 190 valence electrons. The number of aliphatic hydroxyl groups is 2. The summed E-state index contributed by atoms with van der Waals surface area (Å²) >= 11 is 3.92. The minimum atomic E-state index is -2.01. The number of carbonyl (C=O) groups is 2. The molecule has 0 bridgehead atoms. The minimum absolute atomic E-state index is 0.0989. The second kappa shape index (κ2) is 8.65. The molecule has 6 rings (SSSR count). The van der Waals surface area contributed by atoms with Crippen LogP contribution in [0.25, 0.3) is 22.3 Å². The fourth-order valence-electron chi connectivity index (χ4n) is 5.55. The van der Waals surface area contributed by atoms with E-state index in [-0.39, 0.29) is 36.3 Å². The highest BCUT2D eigenvalue weighted by molar-refractivity contribution is 14.1. The van der Waals surface area contributed by atoms with Crippen LogP contribution in [0.1, 0.15) is 40.3 Å². The lowest BCUT2D eigenvalue weighted by molar-refractivity contribution is -0.171. The fourth-order valence-corrected chi connectivity index (χ4v) is 7.56. The molecule has 3 aliphatic heterocycles. The van der Waals surface area contributed by atoms with Crippen LogP contribution in [0.3, 0.4) is 0 Å². The van der Waals surface area contributed by atoms with Crippen LogP contribution in [0.4, 0.5) is 0 Å². The van der Waals surface area contributed by atoms with Crippen LogP contribution in [0.5, 0.6) is 0 Å². The Morgan fingerprint density at radius 1 is 1.41 bits per heavy atom. The zero-order chi connectivity index (χ0) is 26.2. The number of thioether (sulfide) groups is 1. The molecule has 0 spiro atoms. The van der Waals surface area contributed by atoms with E-state index in [1.54, 1.807) is 22.4 Å². The molecule has 3 aliphatic rings. The quantitative estimate of drug-likeness (QED) is 0.178. The molecule has 0 unspecified atom stereocenters. The number of halogens is 1. The van der Waals surface area contributed by atoms with Gasteiger partial charge in [-0.2, -0.15) is 0 Å². The number of benzene rings is 1. The average Bonchev–Trinajstić information content (AvgIpc) is 3.24. The Balaban J connectivity index is 1.66. The Kier molecular flexibility index (Phi) is 5.75. The maximum atomic E-state index is 13.7. The van der Waals surface area contributed by atoms with E-state index >= 15 is 0 Å². The Hall–Kier alpha value is -2.74. The number of pyridine rings is 2. The van der Waals surface area contributed by atoms with Gasteiger partial charge in [0.05, 0.1) is 35.1 Å². The number of esters is 1. The maximum Gasteiger partial charge on any atom is 0.343 e. The van der Waals surface area contributed by atoms with Crippen molar-refractivity contribution < 1.29 is 24.5 Å². The lowest BCUT2D eigenvalue weighted by atomic mass is 9.85. The number of nitrogens with one attached hydrogen (secondary N) is 1. The second-order valence-corrected chi connectivity index (χ2v) is 11.6. The van der Waals surface area contributed by atoms with E-state index in [0.717, 1.165) is 36.1 Å². The zero-order valence-corrected chi connectivity index (χ0v) is 22.7. The maximum absolute atomic E-state index is 13.7. The number of ether oxygens (including phenoxy) is 1. The van der Waals surface area contributed by atoms with E-state index in [1.165, 1.54) is 6.08 Å². The van der Waals surface area contributed by atoms with Gasteiger partial charge in [0, 0.05) is 37.2 Å². The summed E-state index contributed by atoms with van der Waals surface area (Å²) in [6, 6.07) is 3.26. The van der Waals surface area contributed by atoms with Gasteiger partial charge in [0.25, 0.3) is 5.56 Å². The molecular weight excluding hydrogens is 609 g/mol. The van der Waals surface area contributed by atoms with E-state index in [9.17, 15) is 24.6 Å². The van der Waals surface area contributed by atoms with E-state index in [2.05, 4.69) is 41.4 Å². The van der Waals surface area contributed by atoms with E-state index in [0.29, 0.717) is 17.1 Å². The lowest BCUT2D eigenvalue weighted by Crippen LogP contribution is -2.44. The molecule has 0 saturated heterocycles. The fraction of sp³-hybridized carbons (Fsp3) is 0.308. The molecule has 3 aromatic rings. The van der Waals surface area contributed by atoms with Crippen LogP contribution in [0.2, 0.25) is 0 Å². The predicted octanol–water partition coefficient (Wildman–Crippen LogP) is 2.41. The van der Waals surface area contributed by atoms with Gasteiger partial charge < -0.3 is 24.8 Å². The highest BCUT2D eigenvalue weighted by Crippen LogP contribution is 2.48. The molecule has 37 heavy (non-hydrogen) atoms. The largest absolute Gasteiger partial charge is 0.458 e. The number of carbonyl (C=O) groups excluding carboxylic acids is 2. The summed E-state index contributed by atoms with van der Waals surface area (Å²) in [5.41, 5.74) is 2.68. The van der Waals surface area contributed by atoms with Gasteiger partial charge in [-0.15, -0.1) is 18.3 Å². The Morgan fingerprint density at radius 3 is 2.92 bits per heavy atom. The zero-order valence-electron chi connectivity index (χ0n) is 19.8. The van der Waals surface area contributed by atoms with Crippen LogP contribution in [0.15, 0.2) is 34.5 Å². The van der Waals surface area contributed by atoms with Crippen molar-refractivity contribution >= 4 is 57.1 Å². The summed E-state index contributed by atoms with van der Waals surface area (Å²) in [6.07, 6.45) is 1.32. The normalized spacial score (nSPS) is 21.2. The van der Waals surface area contributed by atoms with E-state index in [4.69, 9.17) is 9.72 Å².